The molecular weight excluding hydrogens is 224 g/mol. The van der Waals surface area contributed by atoms with Crippen molar-refractivity contribution in [3.8, 4) is 11.8 Å². The predicted octanol–water partition coefficient (Wildman–Crippen LogP) is 1.89. The van der Waals surface area contributed by atoms with Crippen LogP contribution in [0.2, 0.25) is 0 Å². The van der Waals surface area contributed by atoms with E-state index in [-0.39, 0.29) is 6.61 Å². The van der Waals surface area contributed by atoms with Gasteiger partial charge in [-0.3, -0.25) is 0 Å². The van der Waals surface area contributed by atoms with Gasteiger partial charge < -0.3 is 9.67 Å². The Bertz CT molecular complexity index is 585. The number of nitrogens with zero attached hydrogens (tertiary/aromatic N) is 2. The number of aromatic nitrogens is 2. The van der Waals surface area contributed by atoms with Crippen molar-refractivity contribution < 1.29 is 5.11 Å². The molecule has 0 unspecified atom stereocenters. The summed E-state index contributed by atoms with van der Waals surface area (Å²) in [6, 6.07) is 8.04. The normalized spacial score (nSPS) is 9.94. The van der Waals surface area contributed by atoms with Crippen molar-refractivity contribution in [2.75, 3.05) is 6.61 Å². The maximum atomic E-state index is 8.63. The van der Waals surface area contributed by atoms with Gasteiger partial charge in [0.1, 0.15) is 6.61 Å². The van der Waals surface area contributed by atoms with Gasteiger partial charge in [-0.05, 0) is 31.5 Å². The smallest absolute Gasteiger partial charge is 0.104 e. The molecule has 3 nitrogen and oxygen atoms in total. The van der Waals surface area contributed by atoms with Crippen LogP contribution in [0.4, 0.5) is 0 Å². The maximum Gasteiger partial charge on any atom is 0.104 e. The molecule has 0 aliphatic carbocycles. The van der Waals surface area contributed by atoms with E-state index < -0.39 is 0 Å². The molecule has 0 saturated carbocycles. The first-order valence-electron chi connectivity index (χ1n) is 5.87. The van der Waals surface area contributed by atoms with Crippen LogP contribution in [0.3, 0.4) is 0 Å². The molecule has 92 valence electrons. The molecule has 1 aromatic carbocycles. The summed E-state index contributed by atoms with van der Waals surface area (Å²) in [5, 5.41) is 8.63. The summed E-state index contributed by atoms with van der Waals surface area (Å²) in [7, 11) is 0. The van der Waals surface area contributed by atoms with E-state index in [0.29, 0.717) is 0 Å². The number of aryl methyl sites for hydroxylation is 1. The molecule has 1 aromatic heterocycles. The van der Waals surface area contributed by atoms with Gasteiger partial charge in [-0.1, -0.05) is 24.0 Å². The Kier molecular flexibility index (Phi) is 3.81. The molecule has 0 atom stereocenters. The topological polar surface area (TPSA) is 38.0 Å². The summed E-state index contributed by atoms with van der Waals surface area (Å²) >= 11 is 0. The lowest BCUT2D eigenvalue weighted by Gasteiger charge is -2.05. The quantitative estimate of drug-likeness (QED) is 0.814. The average molecular weight is 240 g/mol. The lowest BCUT2D eigenvalue weighted by molar-refractivity contribution is 0.350. The second-order valence-corrected chi connectivity index (χ2v) is 4.20. The van der Waals surface area contributed by atoms with Crippen LogP contribution in [0.1, 0.15) is 22.5 Å². The SMILES string of the molecule is Cc1ncn(Cc2ccc(C#CCO)cc2)c1C. The van der Waals surface area contributed by atoms with Crippen molar-refractivity contribution in [3.05, 3.63) is 53.1 Å². The van der Waals surface area contributed by atoms with Crippen LogP contribution < -0.4 is 0 Å². The molecule has 3 heteroatoms. The van der Waals surface area contributed by atoms with Gasteiger partial charge in [0.15, 0.2) is 0 Å². The second-order valence-electron chi connectivity index (χ2n) is 4.20. The van der Waals surface area contributed by atoms with Crippen LogP contribution in [0.25, 0.3) is 0 Å². The van der Waals surface area contributed by atoms with Gasteiger partial charge in [0.25, 0.3) is 0 Å². The minimum absolute atomic E-state index is 0.102. The fraction of sp³-hybridized carbons (Fsp3) is 0.267. The lowest BCUT2D eigenvalue weighted by atomic mass is 10.1. The third-order valence-electron chi connectivity index (χ3n) is 2.96. The van der Waals surface area contributed by atoms with Crippen molar-refractivity contribution in [1.29, 1.82) is 0 Å². The highest BCUT2D eigenvalue weighted by Crippen LogP contribution is 2.09. The van der Waals surface area contributed by atoms with Crippen LogP contribution in [0.5, 0.6) is 0 Å². The molecule has 2 aromatic rings. The Labute approximate surface area is 107 Å². The molecule has 0 saturated heterocycles. The van der Waals surface area contributed by atoms with Crippen molar-refractivity contribution in [2.45, 2.75) is 20.4 Å². The van der Waals surface area contributed by atoms with Gasteiger partial charge >= 0.3 is 0 Å². The summed E-state index contributed by atoms with van der Waals surface area (Å²) < 4.78 is 2.13. The molecule has 18 heavy (non-hydrogen) atoms. The standard InChI is InChI=1S/C15H16N2O/c1-12-13(2)17(11-16-12)10-15-7-5-14(6-8-15)4-3-9-18/h5-8,11,18H,9-10H2,1-2H3. The Hall–Kier alpha value is -2.05. The van der Waals surface area contributed by atoms with E-state index in [1.54, 1.807) is 0 Å². The van der Waals surface area contributed by atoms with Gasteiger partial charge in [0.05, 0.1) is 12.0 Å². The Morgan fingerprint density at radius 1 is 1.22 bits per heavy atom. The van der Waals surface area contributed by atoms with Crippen LogP contribution >= 0.6 is 0 Å². The maximum absolute atomic E-state index is 8.63. The molecule has 2 rings (SSSR count). The molecule has 0 radical (unpaired) electrons. The second kappa shape index (κ2) is 5.52. The number of hydrogen-bond acceptors (Lipinski definition) is 2. The van der Waals surface area contributed by atoms with E-state index in [0.717, 1.165) is 17.8 Å². The largest absolute Gasteiger partial charge is 0.384 e. The van der Waals surface area contributed by atoms with Crippen LogP contribution in [0, 0.1) is 25.7 Å². The van der Waals surface area contributed by atoms with Gasteiger partial charge in [0, 0.05) is 17.8 Å². The first-order chi connectivity index (χ1) is 8.70. The number of imidazole rings is 1. The Morgan fingerprint density at radius 2 is 1.94 bits per heavy atom. The van der Waals surface area contributed by atoms with Crippen LogP contribution in [-0.2, 0) is 6.54 Å². The minimum Gasteiger partial charge on any atom is -0.384 e. The molecule has 1 N–H and O–H groups in total. The molecule has 0 fully saturated rings. The average Bonchev–Trinajstić information content (AvgIpc) is 2.70. The third-order valence-corrected chi connectivity index (χ3v) is 2.96. The third kappa shape index (κ3) is 2.79. The van der Waals surface area contributed by atoms with Crippen molar-refractivity contribution in [2.24, 2.45) is 0 Å². The number of benzene rings is 1. The van der Waals surface area contributed by atoms with Crippen molar-refractivity contribution >= 4 is 0 Å². The van der Waals surface area contributed by atoms with Gasteiger partial charge in [-0.15, -0.1) is 0 Å². The van der Waals surface area contributed by atoms with Gasteiger partial charge in [0.2, 0.25) is 0 Å². The molecular formula is C15H16N2O. The summed E-state index contributed by atoms with van der Waals surface area (Å²) in [4.78, 5) is 4.28. The first kappa shape index (κ1) is 12.4. The molecule has 0 amide bonds. The predicted molar refractivity (Wildman–Crippen MR) is 71.2 cm³/mol. The number of rotatable bonds is 2. The number of hydrogen-bond donors (Lipinski definition) is 1. The first-order valence-corrected chi connectivity index (χ1v) is 5.87. The highest BCUT2D eigenvalue weighted by molar-refractivity contribution is 5.36. The summed E-state index contributed by atoms with van der Waals surface area (Å²) in [6.45, 7) is 4.80. The zero-order valence-corrected chi connectivity index (χ0v) is 10.6. The van der Waals surface area contributed by atoms with E-state index in [1.807, 2.05) is 25.4 Å². The number of aliphatic hydroxyl groups is 1. The Morgan fingerprint density at radius 3 is 2.50 bits per heavy atom. The molecule has 0 aliphatic heterocycles. The Balaban J connectivity index is 2.13. The molecule has 1 heterocycles. The van der Waals surface area contributed by atoms with Gasteiger partial charge in [-0.25, -0.2) is 4.98 Å². The summed E-state index contributed by atoms with van der Waals surface area (Å²) in [6.07, 6.45) is 1.87. The fourth-order valence-corrected chi connectivity index (χ4v) is 1.74. The molecule has 0 bridgehead atoms. The minimum atomic E-state index is -0.102. The van der Waals surface area contributed by atoms with Crippen LogP contribution in [0.15, 0.2) is 30.6 Å². The summed E-state index contributed by atoms with van der Waals surface area (Å²) in [5.41, 5.74) is 4.40. The highest BCUT2D eigenvalue weighted by atomic mass is 16.2. The van der Waals surface area contributed by atoms with Crippen molar-refractivity contribution in [1.82, 2.24) is 9.55 Å². The zero-order valence-electron chi connectivity index (χ0n) is 10.6. The molecule has 0 spiro atoms. The van der Waals surface area contributed by atoms with E-state index in [2.05, 4.69) is 40.4 Å². The van der Waals surface area contributed by atoms with E-state index in [1.165, 1.54) is 11.3 Å². The monoisotopic (exact) mass is 240 g/mol. The van der Waals surface area contributed by atoms with Crippen LogP contribution in [-0.4, -0.2) is 21.3 Å². The van der Waals surface area contributed by atoms with E-state index in [4.69, 9.17) is 5.11 Å². The van der Waals surface area contributed by atoms with E-state index in [9.17, 15) is 0 Å². The number of aliphatic hydroxyl groups excluding tert-OH is 1. The fourth-order valence-electron chi connectivity index (χ4n) is 1.74. The highest BCUT2D eigenvalue weighted by Gasteiger charge is 2.02. The summed E-state index contributed by atoms with van der Waals surface area (Å²) in [5.74, 6) is 5.52. The van der Waals surface area contributed by atoms with Crippen molar-refractivity contribution in [3.63, 3.8) is 0 Å². The van der Waals surface area contributed by atoms with E-state index >= 15 is 0 Å². The lowest BCUT2D eigenvalue weighted by Crippen LogP contribution is -2.00. The molecule has 0 aliphatic rings. The van der Waals surface area contributed by atoms with Gasteiger partial charge in [-0.2, -0.15) is 0 Å². The zero-order chi connectivity index (χ0) is 13.0.